The smallest absolute Gasteiger partial charge is 0.225 e. The lowest BCUT2D eigenvalue weighted by Gasteiger charge is -2.17. The molecule has 1 amide bonds. The second-order valence-electron chi connectivity index (χ2n) is 8.87. The Balaban J connectivity index is 1.30. The highest BCUT2D eigenvalue weighted by Gasteiger charge is 2.26. The number of Topliss-reactive ketones (excluding diaryl/α,β-unsaturated/α-hetero) is 1. The van der Waals surface area contributed by atoms with E-state index in [9.17, 15) is 9.59 Å². The normalized spacial score (nSPS) is 15.6. The summed E-state index contributed by atoms with van der Waals surface area (Å²) in [6.07, 6.45) is 4.78. The highest BCUT2D eigenvalue weighted by molar-refractivity contribution is 6.05. The number of carbonyl (C=O) groups excluding carboxylic acids is 2. The van der Waals surface area contributed by atoms with Gasteiger partial charge in [0.15, 0.2) is 5.78 Å². The first kappa shape index (κ1) is 21.1. The largest absolute Gasteiger partial charge is 0.360 e. The van der Waals surface area contributed by atoms with E-state index in [1.807, 2.05) is 19.2 Å². The number of nitrogens with one attached hydrogen (secondary N) is 1. The molecule has 0 bridgehead atoms. The van der Waals surface area contributed by atoms with Crippen molar-refractivity contribution in [2.75, 3.05) is 5.32 Å². The van der Waals surface area contributed by atoms with Gasteiger partial charge in [0.1, 0.15) is 29.3 Å². The maximum absolute atomic E-state index is 13.0. The quantitative estimate of drug-likeness (QED) is 0.572. The molecule has 5 heterocycles. The van der Waals surface area contributed by atoms with E-state index >= 15 is 0 Å². The van der Waals surface area contributed by atoms with Gasteiger partial charge in [-0.25, -0.2) is 15.0 Å². The number of hydrogen-bond acceptors (Lipinski definition) is 8. The first-order valence-corrected chi connectivity index (χ1v) is 11.1. The van der Waals surface area contributed by atoms with Gasteiger partial charge in [0.05, 0.1) is 17.6 Å². The van der Waals surface area contributed by atoms with E-state index in [0.29, 0.717) is 53.7 Å². The summed E-state index contributed by atoms with van der Waals surface area (Å²) in [5.41, 5.74) is 5.61. The molecule has 9 heteroatoms. The van der Waals surface area contributed by atoms with Crippen LogP contribution in [-0.4, -0.2) is 37.5 Å². The minimum Gasteiger partial charge on any atom is -0.360 e. The van der Waals surface area contributed by atoms with Gasteiger partial charge in [-0.15, -0.1) is 0 Å². The highest BCUT2D eigenvalue weighted by Crippen LogP contribution is 2.31. The number of ketones is 1. The Morgan fingerprint density at radius 3 is 2.82 bits per heavy atom. The van der Waals surface area contributed by atoms with Gasteiger partial charge in [-0.2, -0.15) is 0 Å². The lowest BCUT2D eigenvalue weighted by molar-refractivity contribution is -0.116. The van der Waals surface area contributed by atoms with Crippen molar-refractivity contribution < 1.29 is 14.1 Å². The zero-order valence-electron chi connectivity index (χ0n) is 18.8. The molecule has 5 rings (SSSR count). The SMILES string of the molecule is CC(C)c1cc2c(cn1)N=C(c1cc([C@@H](C)CC(=O)c3ncnc4c3CCC(=O)N4)on1)C2. The fourth-order valence-electron chi connectivity index (χ4n) is 4.14. The van der Waals surface area contributed by atoms with E-state index in [4.69, 9.17) is 4.52 Å². The van der Waals surface area contributed by atoms with Crippen LogP contribution in [0.5, 0.6) is 0 Å². The first-order valence-electron chi connectivity index (χ1n) is 11.1. The predicted octanol–water partition coefficient (Wildman–Crippen LogP) is 3.92. The van der Waals surface area contributed by atoms with Crippen LogP contribution < -0.4 is 5.32 Å². The molecule has 1 atom stereocenters. The summed E-state index contributed by atoms with van der Waals surface area (Å²) in [7, 11) is 0. The minimum absolute atomic E-state index is 0.102. The fourth-order valence-corrected chi connectivity index (χ4v) is 4.14. The Morgan fingerprint density at radius 2 is 2.00 bits per heavy atom. The number of carbonyl (C=O) groups is 2. The van der Waals surface area contributed by atoms with Gasteiger partial charge in [-0.3, -0.25) is 14.6 Å². The molecule has 0 aromatic carbocycles. The zero-order chi connectivity index (χ0) is 23.1. The highest BCUT2D eigenvalue weighted by atomic mass is 16.5. The van der Waals surface area contributed by atoms with Crippen LogP contribution in [-0.2, 0) is 17.6 Å². The summed E-state index contributed by atoms with van der Waals surface area (Å²) in [5, 5.41) is 6.91. The van der Waals surface area contributed by atoms with Crippen LogP contribution in [0.3, 0.4) is 0 Å². The van der Waals surface area contributed by atoms with Gasteiger partial charge in [0.2, 0.25) is 5.91 Å². The van der Waals surface area contributed by atoms with Crippen LogP contribution in [0.4, 0.5) is 11.5 Å². The summed E-state index contributed by atoms with van der Waals surface area (Å²) in [4.78, 5) is 42.0. The molecular formula is C24H24N6O3. The number of amides is 1. The summed E-state index contributed by atoms with van der Waals surface area (Å²) in [6, 6.07) is 3.96. The predicted molar refractivity (Wildman–Crippen MR) is 121 cm³/mol. The maximum Gasteiger partial charge on any atom is 0.225 e. The van der Waals surface area contributed by atoms with Gasteiger partial charge in [0, 0.05) is 42.5 Å². The maximum atomic E-state index is 13.0. The molecule has 0 aliphatic carbocycles. The van der Waals surface area contributed by atoms with Crippen LogP contribution in [0.15, 0.2) is 34.2 Å². The van der Waals surface area contributed by atoms with Gasteiger partial charge in [-0.05, 0) is 24.0 Å². The number of fused-ring (bicyclic) bond motifs is 2. The number of rotatable bonds is 6. The molecule has 2 aliphatic rings. The van der Waals surface area contributed by atoms with Gasteiger partial charge >= 0.3 is 0 Å². The van der Waals surface area contributed by atoms with Crippen molar-refractivity contribution in [2.45, 2.75) is 58.3 Å². The third-order valence-electron chi connectivity index (χ3n) is 6.06. The Hall–Kier alpha value is -3.75. The second-order valence-corrected chi connectivity index (χ2v) is 8.87. The molecule has 0 saturated carbocycles. The lowest BCUT2D eigenvalue weighted by atomic mass is 9.95. The third kappa shape index (κ3) is 4.06. The Kier molecular flexibility index (Phi) is 5.32. The van der Waals surface area contributed by atoms with Crippen LogP contribution in [0.1, 0.15) is 84.2 Å². The van der Waals surface area contributed by atoms with Crippen molar-refractivity contribution in [1.82, 2.24) is 20.1 Å². The number of anilines is 1. The summed E-state index contributed by atoms with van der Waals surface area (Å²) >= 11 is 0. The average Bonchev–Trinajstić information content (AvgIpc) is 3.45. The summed E-state index contributed by atoms with van der Waals surface area (Å²) in [5.74, 6) is 0.986. The molecule has 0 unspecified atom stereocenters. The topological polar surface area (TPSA) is 123 Å². The van der Waals surface area contributed by atoms with Crippen molar-refractivity contribution in [3.63, 3.8) is 0 Å². The van der Waals surface area contributed by atoms with E-state index in [2.05, 4.69) is 50.3 Å². The van der Waals surface area contributed by atoms with Gasteiger partial charge in [0.25, 0.3) is 0 Å². The first-order chi connectivity index (χ1) is 15.9. The molecule has 3 aromatic rings. The summed E-state index contributed by atoms with van der Waals surface area (Å²) < 4.78 is 5.57. The van der Waals surface area contributed by atoms with E-state index in [-0.39, 0.29) is 24.0 Å². The number of aromatic nitrogens is 4. The Labute approximate surface area is 190 Å². The summed E-state index contributed by atoms with van der Waals surface area (Å²) in [6.45, 7) is 6.15. The fraction of sp³-hybridized carbons (Fsp3) is 0.375. The number of hydrogen-bond donors (Lipinski definition) is 1. The van der Waals surface area contributed by atoms with E-state index < -0.39 is 0 Å². The molecule has 2 aliphatic heterocycles. The van der Waals surface area contributed by atoms with Gasteiger partial charge < -0.3 is 9.84 Å². The minimum atomic E-state index is -0.193. The standard InChI is InChI=1S/C24H24N6O3/c1-12(2)16-7-14-8-17(28-19(14)10-25-16)18-9-21(33-30-18)13(3)6-20(31)23-15-4-5-22(32)29-24(15)27-11-26-23/h7,9-13H,4-6,8H2,1-3H3,(H,26,27,29,32)/t13-/m0/s1. The second kappa shape index (κ2) is 8.31. The van der Waals surface area contributed by atoms with Crippen molar-refractivity contribution >= 4 is 28.9 Å². The molecule has 9 nitrogen and oxygen atoms in total. The van der Waals surface area contributed by atoms with E-state index in [0.717, 1.165) is 22.7 Å². The van der Waals surface area contributed by atoms with Crippen LogP contribution in [0, 0.1) is 0 Å². The molecule has 0 saturated heterocycles. The lowest BCUT2D eigenvalue weighted by Crippen LogP contribution is -2.23. The number of pyridine rings is 1. The van der Waals surface area contributed by atoms with Crippen molar-refractivity contribution in [1.29, 1.82) is 0 Å². The van der Waals surface area contributed by atoms with Crippen molar-refractivity contribution in [3.8, 4) is 0 Å². The molecule has 0 radical (unpaired) electrons. The molecule has 168 valence electrons. The monoisotopic (exact) mass is 444 g/mol. The van der Waals surface area contributed by atoms with Gasteiger partial charge in [-0.1, -0.05) is 25.9 Å². The molecular weight excluding hydrogens is 420 g/mol. The Morgan fingerprint density at radius 1 is 1.15 bits per heavy atom. The molecule has 1 N–H and O–H groups in total. The number of aliphatic imine (C=N–C) groups is 1. The molecule has 0 spiro atoms. The van der Waals surface area contributed by atoms with Crippen LogP contribution in [0.2, 0.25) is 0 Å². The molecule has 0 fully saturated rings. The number of nitrogens with zero attached hydrogens (tertiary/aromatic N) is 5. The Bertz CT molecular complexity index is 1290. The zero-order valence-corrected chi connectivity index (χ0v) is 18.8. The van der Waals surface area contributed by atoms with Crippen LogP contribution in [0.25, 0.3) is 0 Å². The average molecular weight is 444 g/mol. The molecule has 33 heavy (non-hydrogen) atoms. The van der Waals surface area contributed by atoms with Crippen LogP contribution >= 0.6 is 0 Å². The van der Waals surface area contributed by atoms with Crippen molar-refractivity contribution in [2.24, 2.45) is 4.99 Å². The van der Waals surface area contributed by atoms with Crippen molar-refractivity contribution in [3.05, 3.63) is 58.6 Å². The van der Waals surface area contributed by atoms with E-state index in [1.165, 1.54) is 6.33 Å². The van der Waals surface area contributed by atoms with E-state index in [1.54, 1.807) is 0 Å². The third-order valence-corrected chi connectivity index (χ3v) is 6.06. The molecule has 3 aromatic heterocycles.